The first-order valence-corrected chi connectivity index (χ1v) is 7.06. The number of benzene rings is 1. The first-order chi connectivity index (χ1) is 8.48. The number of rotatable bonds is 5. The minimum atomic E-state index is -0.297. The van der Waals surface area contributed by atoms with Gasteiger partial charge in [0.1, 0.15) is 0 Å². The van der Waals surface area contributed by atoms with Crippen molar-refractivity contribution in [2.45, 2.75) is 39.2 Å². The fraction of sp³-hybridized carbons (Fsp3) is 0.500. The van der Waals surface area contributed by atoms with Crippen molar-refractivity contribution < 1.29 is 4.79 Å². The highest BCUT2D eigenvalue weighted by molar-refractivity contribution is 9.10. The number of nitrogens with one attached hydrogen (secondary N) is 1. The minimum Gasteiger partial charge on any atom is -0.345 e. The molecule has 1 rings (SSSR count). The summed E-state index contributed by atoms with van der Waals surface area (Å²) >= 11 is 3.44. The van der Waals surface area contributed by atoms with E-state index in [1.54, 1.807) is 0 Å². The van der Waals surface area contributed by atoms with Gasteiger partial charge in [-0.25, -0.2) is 0 Å². The Bertz CT molecular complexity index is 420. The molecule has 3 N–H and O–H groups in total. The van der Waals surface area contributed by atoms with E-state index in [-0.39, 0.29) is 11.4 Å². The zero-order chi connectivity index (χ0) is 13.8. The van der Waals surface area contributed by atoms with Gasteiger partial charge in [-0.15, -0.1) is 0 Å². The molecule has 0 aliphatic heterocycles. The first-order valence-electron chi connectivity index (χ1n) is 6.26. The third-order valence-corrected chi connectivity index (χ3v) is 4.41. The number of nitrogens with two attached hydrogens (primary N) is 1. The SMILES string of the molecule is CCC(CC)(CN)NC(=O)c1ccc(C)c(Br)c1. The molecular weight excluding hydrogens is 292 g/mol. The molecule has 3 nitrogen and oxygen atoms in total. The van der Waals surface area contributed by atoms with Gasteiger partial charge in [0.05, 0.1) is 5.54 Å². The topological polar surface area (TPSA) is 55.1 Å². The van der Waals surface area contributed by atoms with Crippen LogP contribution in [0.15, 0.2) is 22.7 Å². The van der Waals surface area contributed by atoms with Crippen LogP contribution in [-0.2, 0) is 0 Å². The lowest BCUT2D eigenvalue weighted by molar-refractivity contribution is 0.0895. The van der Waals surface area contributed by atoms with Crippen molar-refractivity contribution in [1.29, 1.82) is 0 Å². The smallest absolute Gasteiger partial charge is 0.251 e. The Morgan fingerprint density at radius 2 is 2.00 bits per heavy atom. The molecular formula is C14H21BrN2O. The maximum absolute atomic E-state index is 12.2. The summed E-state index contributed by atoms with van der Waals surface area (Å²) in [4.78, 5) is 12.2. The second kappa shape index (κ2) is 6.34. The van der Waals surface area contributed by atoms with Crippen molar-refractivity contribution >= 4 is 21.8 Å². The maximum Gasteiger partial charge on any atom is 0.251 e. The van der Waals surface area contributed by atoms with Gasteiger partial charge in [0.15, 0.2) is 0 Å². The normalized spacial score (nSPS) is 11.4. The maximum atomic E-state index is 12.2. The molecule has 0 atom stereocenters. The Kier molecular flexibility index (Phi) is 5.35. The molecule has 18 heavy (non-hydrogen) atoms. The van der Waals surface area contributed by atoms with E-state index in [1.165, 1.54) is 0 Å². The Labute approximate surface area is 117 Å². The van der Waals surface area contributed by atoms with Crippen molar-refractivity contribution in [2.75, 3.05) is 6.54 Å². The third-order valence-electron chi connectivity index (χ3n) is 3.56. The highest BCUT2D eigenvalue weighted by Crippen LogP contribution is 2.19. The predicted molar refractivity (Wildman–Crippen MR) is 78.7 cm³/mol. The molecule has 100 valence electrons. The molecule has 0 radical (unpaired) electrons. The van der Waals surface area contributed by atoms with E-state index in [0.717, 1.165) is 22.9 Å². The summed E-state index contributed by atoms with van der Waals surface area (Å²) in [5.74, 6) is -0.0650. The van der Waals surface area contributed by atoms with E-state index < -0.39 is 0 Å². The average molecular weight is 313 g/mol. The molecule has 0 aliphatic rings. The van der Waals surface area contributed by atoms with Crippen molar-refractivity contribution in [2.24, 2.45) is 5.73 Å². The van der Waals surface area contributed by atoms with Crippen LogP contribution >= 0.6 is 15.9 Å². The number of hydrogen-bond acceptors (Lipinski definition) is 2. The number of carbonyl (C=O) groups excluding carboxylic acids is 1. The number of hydrogen-bond donors (Lipinski definition) is 2. The molecule has 1 aromatic carbocycles. The summed E-state index contributed by atoms with van der Waals surface area (Å²) in [6.45, 7) is 6.54. The summed E-state index contributed by atoms with van der Waals surface area (Å²) in [7, 11) is 0. The van der Waals surface area contributed by atoms with E-state index in [0.29, 0.717) is 12.1 Å². The van der Waals surface area contributed by atoms with Crippen LogP contribution in [0.1, 0.15) is 42.6 Å². The van der Waals surface area contributed by atoms with E-state index in [9.17, 15) is 4.79 Å². The Hall–Kier alpha value is -0.870. The van der Waals surface area contributed by atoms with Crippen molar-refractivity contribution in [1.82, 2.24) is 5.32 Å². The lowest BCUT2D eigenvalue weighted by Gasteiger charge is -2.31. The second-order valence-electron chi connectivity index (χ2n) is 4.61. The lowest BCUT2D eigenvalue weighted by atomic mass is 9.92. The highest BCUT2D eigenvalue weighted by Gasteiger charge is 2.26. The molecule has 0 saturated carbocycles. The van der Waals surface area contributed by atoms with Crippen molar-refractivity contribution in [3.63, 3.8) is 0 Å². The monoisotopic (exact) mass is 312 g/mol. The van der Waals surface area contributed by atoms with Crippen LogP contribution in [0.3, 0.4) is 0 Å². The van der Waals surface area contributed by atoms with Gasteiger partial charge in [0.2, 0.25) is 0 Å². The van der Waals surface area contributed by atoms with Gasteiger partial charge in [-0.2, -0.15) is 0 Å². The van der Waals surface area contributed by atoms with Crippen LogP contribution in [-0.4, -0.2) is 18.0 Å². The van der Waals surface area contributed by atoms with Gasteiger partial charge < -0.3 is 11.1 Å². The predicted octanol–water partition coefficient (Wildman–Crippen LogP) is 3.00. The van der Waals surface area contributed by atoms with Crippen LogP contribution in [0.4, 0.5) is 0 Å². The third kappa shape index (κ3) is 3.33. The largest absolute Gasteiger partial charge is 0.345 e. The first kappa shape index (κ1) is 15.2. The number of carbonyl (C=O) groups is 1. The molecule has 1 amide bonds. The average Bonchev–Trinajstić information content (AvgIpc) is 2.39. The molecule has 0 spiro atoms. The Balaban J connectivity index is 2.90. The van der Waals surface area contributed by atoms with Crippen LogP contribution in [0.5, 0.6) is 0 Å². The fourth-order valence-corrected chi connectivity index (χ4v) is 2.19. The zero-order valence-corrected chi connectivity index (χ0v) is 12.8. The van der Waals surface area contributed by atoms with Gasteiger partial charge in [-0.05, 0) is 37.5 Å². The van der Waals surface area contributed by atoms with Gasteiger partial charge >= 0.3 is 0 Å². The molecule has 0 aromatic heterocycles. The molecule has 0 saturated heterocycles. The zero-order valence-electron chi connectivity index (χ0n) is 11.2. The van der Waals surface area contributed by atoms with Gasteiger partial charge in [-0.1, -0.05) is 35.8 Å². The van der Waals surface area contributed by atoms with Gasteiger partial charge in [0, 0.05) is 16.6 Å². The summed E-state index contributed by atoms with van der Waals surface area (Å²) in [6.07, 6.45) is 1.66. The van der Waals surface area contributed by atoms with Crippen molar-refractivity contribution in [3.8, 4) is 0 Å². The van der Waals surface area contributed by atoms with E-state index in [1.807, 2.05) is 39.0 Å². The molecule has 0 unspecified atom stereocenters. The molecule has 1 aromatic rings. The molecule has 0 bridgehead atoms. The number of amides is 1. The molecule has 0 heterocycles. The quantitative estimate of drug-likeness (QED) is 0.878. The van der Waals surface area contributed by atoms with E-state index >= 15 is 0 Å². The summed E-state index contributed by atoms with van der Waals surface area (Å²) in [6, 6.07) is 5.61. The van der Waals surface area contributed by atoms with Crippen LogP contribution in [0.2, 0.25) is 0 Å². The lowest BCUT2D eigenvalue weighted by Crippen LogP contribution is -2.52. The summed E-state index contributed by atoms with van der Waals surface area (Å²) < 4.78 is 0.946. The van der Waals surface area contributed by atoms with Crippen LogP contribution in [0, 0.1) is 6.92 Å². The minimum absolute atomic E-state index is 0.0650. The Morgan fingerprint density at radius 3 is 2.44 bits per heavy atom. The van der Waals surface area contributed by atoms with Gasteiger partial charge in [-0.3, -0.25) is 4.79 Å². The molecule has 4 heteroatoms. The summed E-state index contributed by atoms with van der Waals surface area (Å²) in [5.41, 5.74) is 7.26. The molecule has 0 fully saturated rings. The van der Waals surface area contributed by atoms with Crippen LogP contribution in [0.25, 0.3) is 0 Å². The molecule has 0 aliphatic carbocycles. The van der Waals surface area contributed by atoms with Crippen molar-refractivity contribution in [3.05, 3.63) is 33.8 Å². The number of aryl methyl sites for hydroxylation is 1. The summed E-state index contributed by atoms with van der Waals surface area (Å²) in [5, 5.41) is 3.06. The number of halogens is 1. The van der Waals surface area contributed by atoms with Gasteiger partial charge in [0.25, 0.3) is 5.91 Å². The van der Waals surface area contributed by atoms with E-state index in [2.05, 4.69) is 21.2 Å². The Morgan fingerprint density at radius 1 is 1.39 bits per heavy atom. The van der Waals surface area contributed by atoms with E-state index in [4.69, 9.17) is 5.73 Å². The fourth-order valence-electron chi connectivity index (χ4n) is 1.81. The second-order valence-corrected chi connectivity index (χ2v) is 5.46. The standard InChI is InChI=1S/C14H21BrN2O/c1-4-14(5-2,9-16)17-13(18)11-7-6-10(3)12(15)8-11/h6-8H,4-5,9,16H2,1-3H3,(H,17,18). The highest BCUT2D eigenvalue weighted by atomic mass is 79.9. The van der Waals surface area contributed by atoms with Crippen LogP contribution < -0.4 is 11.1 Å².